The number of hydrogen-bond donors (Lipinski definition) is 0. The highest BCUT2D eigenvalue weighted by Gasteiger charge is 2.14. The van der Waals surface area contributed by atoms with Gasteiger partial charge >= 0.3 is 0 Å². The zero-order chi connectivity index (χ0) is 10.8. The van der Waals surface area contributed by atoms with Crippen LogP contribution in [0.1, 0.15) is 0 Å². The van der Waals surface area contributed by atoms with Gasteiger partial charge in [0.1, 0.15) is 5.69 Å². The number of imidazole rings is 1. The summed E-state index contributed by atoms with van der Waals surface area (Å²) in [5.74, 6) is 0. The Labute approximate surface area is 99.0 Å². The van der Waals surface area contributed by atoms with Gasteiger partial charge in [0.25, 0.3) is 5.69 Å². The maximum atomic E-state index is 10.8. The van der Waals surface area contributed by atoms with Gasteiger partial charge in [0.15, 0.2) is 0 Å². The molecule has 5 nitrogen and oxygen atoms in total. The van der Waals surface area contributed by atoms with Crippen molar-refractivity contribution in [2.75, 3.05) is 0 Å². The van der Waals surface area contributed by atoms with Crippen LogP contribution < -0.4 is 0 Å². The summed E-state index contributed by atoms with van der Waals surface area (Å²) in [5, 5.41) is 10.8. The van der Waals surface area contributed by atoms with E-state index >= 15 is 0 Å². The van der Waals surface area contributed by atoms with E-state index in [2.05, 4.69) is 4.98 Å². The molecule has 0 atom stereocenters. The van der Waals surface area contributed by atoms with Crippen molar-refractivity contribution in [3.8, 4) is 5.69 Å². The lowest BCUT2D eigenvalue weighted by Gasteiger charge is -2.03. The van der Waals surface area contributed by atoms with E-state index in [0.29, 0.717) is 5.69 Å². The normalized spacial score (nSPS) is 10.2. The van der Waals surface area contributed by atoms with Crippen LogP contribution in [0.4, 0.5) is 5.69 Å². The van der Waals surface area contributed by atoms with E-state index in [1.54, 1.807) is 23.0 Å². The predicted molar refractivity (Wildman–Crippen MR) is 62.9 cm³/mol. The first-order valence-electron chi connectivity index (χ1n) is 4.11. The van der Waals surface area contributed by atoms with Crippen molar-refractivity contribution in [2.45, 2.75) is 0 Å². The number of hydrogen-bond acceptors (Lipinski definition) is 3. The molecular formula is C9H6IN3O2. The Kier molecular flexibility index (Phi) is 2.67. The van der Waals surface area contributed by atoms with Gasteiger partial charge in [-0.15, -0.1) is 0 Å². The molecule has 0 amide bonds. The van der Waals surface area contributed by atoms with E-state index < -0.39 is 4.92 Å². The second-order valence-corrected chi connectivity index (χ2v) is 4.11. The van der Waals surface area contributed by atoms with Crippen LogP contribution >= 0.6 is 22.6 Å². The Balaban J connectivity index is 2.61. The Hall–Kier alpha value is -1.44. The Bertz CT molecular complexity index is 496. The van der Waals surface area contributed by atoms with Gasteiger partial charge < -0.3 is 4.57 Å². The topological polar surface area (TPSA) is 61.0 Å². The molecule has 2 aromatic rings. The third-order valence-corrected chi connectivity index (χ3v) is 2.59. The first kappa shape index (κ1) is 10.1. The van der Waals surface area contributed by atoms with Gasteiger partial charge in [-0.1, -0.05) is 0 Å². The molecule has 0 saturated carbocycles. The minimum Gasteiger partial charge on any atom is -0.300 e. The van der Waals surface area contributed by atoms with E-state index in [-0.39, 0.29) is 5.69 Å². The molecule has 2 rings (SSSR count). The Morgan fingerprint density at radius 2 is 2.27 bits per heavy atom. The van der Waals surface area contributed by atoms with Crippen LogP contribution in [0.15, 0.2) is 36.9 Å². The van der Waals surface area contributed by atoms with Gasteiger partial charge in [0, 0.05) is 22.0 Å². The van der Waals surface area contributed by atoms with Gasteiger partial charge in [-0.05, 0) is 34.7 Å². The van der Waals surface area contributed by atoms with Crippen molar-refractivity contribution in [3.63, 3.8) is 0 Å². The van der Waals surface area contributed by atoms with Crippen LogP contribution in [0.2, 0.25) is 0 Å². The van der Waals surface area contributed by atoms with E-state index in [9.17, 15) is 10.1 Å². The number of rotatable bonds is 2. The van der Waals surface area contributed by atoms with E-state index in [4.69, 9.17) is 0 Å². The first-order valence-corrected chi connectivity index (χ1v) is 5.18. The van der Waals surface area contributed by atoms with Crippen molar-refractivity contribution in [1.82, 2.24) is 9.55 Å². The second-order valence-electron chi connectivity index (χ2n) is 2.86. The Morgan fingerprint density at radius 3 is 2.87 bits per heavy atom. The number of aromatic nitrogens is 2. The molecular weight excluding hydrogens is 309 g/mol. The highest BCUT2D eigenvalue weighted by Crippen LogP contribution is 2.24. The summed E-state index contributed by atoms with van der Waals surface area (Å²) in [6.45, 7) is 0. The molecule has 1 aromatic carbocycles. The summed E-state index contributed by atoms with van der Waals surface area (Å²) in [5.41, 5.74) is 0.609. The highest BCUT2D eigenvalue weighted by atomic mass is 127. The smallest absolute Gasteiger partial charge is 0.294 e. The van der Waals surface area contributed by atoms with Crippen molar-refractivity contribution in [2.24, 2.45) is 0 Å². The standard InChI is InChI=1S/C9H6IN3O2/c10-7-1-2-8(9(5-7)13(14)15)12-4-3-11-6-12/h1-6H. The fraction of sp³-hybridized carbons (Fsp3) is 0. The minimum absolute atomic E-state index is 0.0832. The quantitative estimate of drug-likeness (QED) is 0.486. The molecule has 0 aliphatic heterocycles. The molecule has 0 spiro atoms. The largest absolute Gasteiger partial charge is 0.300 e. The van der Waals surface area contributed by atoms with E-state index in [1.165, 1.54) is 12.4 Å². The average molecular weight is 315 g/mol. The SMILES string of the molecule is O=[N+]([O-])c1cc(I)ccc1-n1ccnc1. The van der Waals surface area contributed by atoms with Gasteiger partial charge in [-0.2, -0.15) is 0 Å². The number of nitro groups is 1. The third kappa shape index (κ3) is 1.99. The molecule has 76 valence electrons. The third-order valence-electron chi connectivity index (χ3n) is 1.92. The Morgan fingerprint density at radius 1 is 1.47 bits per heavy atom. The summed E-state index contributed by atoms with van der Waals surface area (Å²) in [6.07, 6.45) is 4.80. The van der Waals surface area contributed by atoms with Crippen LogP contribution in [-0.2, 0) is 0 Å². The van der Waals surface area contributed by atoms with Crippen LogP contribution in [0.25, 0.3) is 5.69 Å². The fourth-order valence-corrected chi connectivity index (χ4v) is 1.74. The molecule has 0 bridgehead atoms. The summed E-state index contributed by atoms with van der Waals surface area (Å²) >= 11 is 2.04. The van der Waals surface area contributed by atoms with Gasteiger partial charge in [0.05, 0.1) is 11.3 Å². The lowest BCUT2D eigenvalue weighted by atomic mass is 10.2. The number of nitro benzene ring substituents is 1. The zero-order valence-corrected chi connectivity index (χ0v) is 9.66. The zero-order valence-electron chi connectivity index (χ0n) is 7.50. The van der Waals surface area contributed by atoms with Crippen molar-refractivity contribution < 1.29 is 4.92 Å². The van der Waals surface area contributed by atoms with E-state index in [1.807, 2.05) is 28.7 Å². The van der Waals surface area contributed by atoms with Gasteiger partial charge in [0.2, 0.25) is 0 Å². The molecule has 0 aliphatic rings. The summed E-state index contributed by atoms with van der Waals surface area (Å²) in [6, 6.07) is 5.07. The van der Waals surface area contributed by atoms with Crippen LogP contribution in [0.5, 0.6) is 0 Å². The number of halogens is 1. The molecule has 0 radical (unpaired) electrons. The van der Waals surface area contributed by atoms with Crippen LogP contribution in [0, 0.1) is 13.7 Å². The second kappa shape index (κ2) is 3.97. The highest BCUT2D eigenvalue weighted by molar-refractivity contribution is 14.1. The fourth-order valence-electron chi connectivity index (χ4n) is 1.26. The summed E-state index contributed by atoms with van der Waals surface area (Å²) < 4.78 is 2.46. The van der Waals surface area contributed by atoms with Gasteiger partial charge in [-0.3, -0.25) is 10.1 Å². The lowest BCUT2D eigenvalue weighted by molar-refractivity contribution is -0.384. The van der Waals surface area contributed by atoms with Crippen molar-refractivity contribution in [3.05, 3.63) is 50.6 Å². The summed E-state index contributed by atoms with van der Waals surface area (Å²) in [7, 11) is 0. The van der Waals surface area contributed by atoms with Crippen molar-refractivity contribution in [1.29, 1.82) is 0 Å². The maximum absolute atomic E-state index is 10.8. The lowest BCUT2D eigenvalue weighted by Crippen LogP contribution is -1.98. The molecule has 1 aromatic heterocycles. The van der Waals surface area contributed by atoms with E-state index in [0.717, 1.165) is 3.57 Å². The minimum atomic E-state index is -0.391. The van der Waals surface area contributed by atoms with Crippen LogP contribution in [0.3, 0.4) is 0 Å². The molecule has 0 aliphatic carbocycles. The molecule has 15 heavy (non-hydrogen) atoms. The summed E-state index contributed by atoms with van der Waals surface area (Å²) in [4.78, 5) is 14.3. The van der Waals surface area contributed by atoms with Gasteiger partial charge in [-0.25, -0.2) is 4.98 Å². The first-order chi connectivity index (χ1) is 7.18. The molecule has 0 N–H and O–H groups in total. The number of nitrogens with zero attached hydrogens (tertiary/aromatic N) is 3. The molecule has 1 heterocycles. The molecule has 0 saturated heterocycles. The molecule has 0 fully saturated rings. The molecule has 0 unspecified atom stereocenters. The average Bonchev–Trinajstić information content (AvgIpc) is 2.70. The monoisotopic (exact) mass is 315 g/mol. The molecule has 6 heteroatoms. The number of benzene rings is 1. The maximum Gasteiger partial charge on any atom is 0.294 e. The van der Waals surface area contributed by atoms with Crippen LogP contribution in [-0.4, -0.2) is 14.5 Å². The predicted octanol–water partition coefficient (Wildman–Crippen LogP) is 2.39. The van der Waals surface area contributed by atoms with Crippen molar-refractivity contribution >= 4 is 28.3 Å².